The number of hydrogen-bond donors (Lipinski definition) is 4. The van der Waals surface area contributed by atoms with Crippen LogP contribution in [0.15, 0.2) is 36.4 Å². The molecule has 0 amide bonds. The van der Waals surface area contributed by atoms with Crippen LogP contribution in [-0.4, -0.2) is 72.1 Å². The lowest BCUT2D eigenvalue weighted by atomic mass is 9.73. The molecule has 11 heteroatoms. The summed E-state index contributed by atoms with van der Waals surface area (Å²) in [6.45, 7) is 9.86. The summed E-state index contributed by atoms with van der Waals surface area (Å²) in [6, 6.07) is 10.3. The number of ketones is 2. The van der Waals surface area contributed by atoms with E-state index in [4.69, 9.17) is 14.5 Å². The number of aryl methyl sites for hydroxylation is 2. The lowest BCUT2D eigenvalue weighted by Gasteiger charge is -2.44. The molecule has 224 valence electrons. The van der Waals surface area contributed by atoms with E-state index in [-0.39, 0.29) is 29.3 Å². The zero-order valence-corrected chi connectivity index (χ0v) is 24.8. The van der Waals surface area contributed by atoms with Crippen molar-refractivity contribution in [2.75, 3.05) is 0 Å². The summed E-state index contributed by atoms with van der Waals surface area (Å²) in [5.74, 6) is -1.39. The Hall–Kier alpha value is -4.19. The first-order valence-corrected chi connectivity index (χ1v) is 14.2. The molecule has 43 heavy (non-hydrogen) atoms. The van der Waals surface area contributed by atoms with Crippen molar-refractivity contribution in [2.45, 2.75) is 83.4 Å². The molecule has 0 aromatic carbocycles. The highest BCUT2D eigenvalue weighted by atomic mass is 16.6. The summed E-state index contributed by atoms with van der Waals surface area (Å²) in [6.07, 6.45) is -3.20. The molecule has 6 rings (SSSR count). The number of H-pyrrole nitrogens is 2. The lowest BCUT2D eigenvalue weighted by Crippen LogP contribution is -2.57. The first-order chi connectivity index (χ1) is 20.2. The third kappa shape index (κ3) is 4.68. The number of aliphatic hydroxyl groups excluding tert-OH is 1. The van der Waals surface area contributed by atoms with Crippen molar-refractivity contribution in [2.24, 2.45) is 0 Å². The van der Waals surface area contributed by atoms with Gasteiger partial charge in [-0.2, -0.15) is 0 Å². The molecule has 3 aromatic heterocycles. The topological polar surface area (TPSA) is 167 Å². The maximum atomic E-state index is 14.3. The molecule has 8 bridgehead atoms. The highest BCUT2D eigenvalue weighted by Gasteiger charge is 2.56. The zero-order valence-electron chi connectivity index (χ0n) is 24.8. The fourth-order valence-corrected chi connectivity index (χ4v) is 6.18. The van der Waals surface area contributed by atoms with Gasteiger partial charge in [0.1, 0.15) is 29.0 Å². The number of ether oxygens (including phenoxy) is 2. The van der Waals surface area contributed by atoms with Crippen LogP contribution in [0.5, 0.6) is 0 Å². The minimum Gasteiger partial charge on any atom is -0.460 e. The Morgan fingerprint density at radius 3 is 2.16 bits per heavy atom. The van der Waals surface area contributed by atoms with Gasteiger partial charge in [0.2, 0.25) is 5.78 Å². The highest BCUT2D eigenvalue weighted by Crippen LogP contribution is 2.42. The number of nitrogens with one attached hydrogen (secondary N) is 2. The number of aliphatic hydroxyl groups is 2. The Morgan fingerprint density at radius 2 is 1.51 bits per heavy atom. The predicted molar refractivity (Wildman–Crippen MR) is 157 cm³/mol. The minimum atomic E-state index is -1.81. The fourth-order valence-electron chi connectivity index (χ4n) is 6.18. The van der Waals surface area contributed by atoms with Gasteiger partial charge in [-0.1, -0.05) is 0 Å². The number of nitrogens with zero attached hydrogens (tertiary/aromatic N) is 2. The third-order valence-electron chi connectivity index (χ3n) is 8.79. The maximum absolute atomic E-state index is 14.3. The van der Waals surface area contributed by atoms with E-state index in [0.29, 0.717) is 27.8 Å². The Balaban J connectivity index is 1.64. The van der Waals surface area contributed by atoms with Crippen LogP contribution in [0.25, 0.3) is 22.1 Å². The summed E-state index contributed by atoms with van der Waals surface area (Å²) in [4.78, 5) is 55.3. The molecule has 3 aliphatic rings. The number of hydrogen-bond acceptors (Lipinski definition) is 9. The Bertz CT molecular complexity index is 1860. The van der Waals surface area contributed by atoms with E-state index in [9.17, 15) is 24.6 Å². The molecule has 0 saturated carbocycles. The van der Waals surface area contributed by atoms with Crippen molar-refractivity contribution < 1.29 is 34.1 Å². The number of Topliss-reactive ketones (excluding diaryl/α,β-unsaturated/α-hetero) is 2. The van der Waals surface area contributed by atoms with Crippen LogP contribution in [0.2, 0.25) is 0 Å². The van der Waals surface area contributed by atoms with Crippen molar-refractivity contribution in [1.82, 2.24) is 19.9 Å². The van der Waals surface area contributed by atoms with Crippen molar-refractivity contribution in [1.29, 1.82) is 0 Å². The molecule has 1 saturated heterocycles. The maximum Gasteiger partial charge on any atom is 0.302 e. The quantitative estimate of drug-likeness (QED) is 0.328. The van der Waals surface area contributed by atoms with E-state index in [1.54, 1.807) is 38.1 Å². The van der Waals surface area contributed by atoms with Crippen LogP contribution in [0.4, 0.5) is 0 Å². The van der Waals surface area contributed by atoms with Crippen LogP contribution >= 0.6 is 0 Å². The van der Waals surface area contributed by atoms with Gasteiger partial charge >= 0.3 is 5.97 Å². The summed E-state index contributed by atoms with van der Waals surface area (Å²) < 4.78 is 11.8. The number of carbonyl (C=O) groups is 3. The minimum absolute atomic E-state index is 0.106. The average Bonchev–Trinajstić information content (AvgIpc) is 3.58. The first kappa shape index (κ1) is 28.9. The number of aromatic amines is 2. The molecule has 11 nitrogen and oxygen atoms in total. The molecule has 6 atom stereocenters. The van der Waals surface area contributed by atoms with Gasteiger partial charge in [-0.3, -0.25) is 14.4 Å². The number of carbonyl (C=O) groups excluding carboxylic acids is 3. The van der Waals surface area contributed by atoms with E-state index in [0.717, 1.165) is 11.1 Å². The molecule has 6 heterocycles. The van der Waals surface area contributed by atoms with Crippen LogP contribution in [0.1, 0.15) is 77.6 Å². The van der Waals surface area contributed by atoms with Crippen LogP contribution in [0.3, 0.4) is 0 Å². The zero-order chi connectivity index (χ0) is 31.0. The molecule has 0 radical (unpaired) electrons. The second kappa shape index (κ2) is 9.94. The molecule has 0 spiro atoms. The Morgan fingerprint density at radius 1 is 0.930 bits per heavy atom. The predicted octanol–water partition coefficient (Wildman–Crippen LogP) is 3.63. The molecule has 1 fully saturated rings. The van der Waals surface area contributed by atoms with Gasteiger partial charge < -0.3 is 29.7 Å². The smallest absolute Gasteiger partial charge is 0.302 e. The van der Waals surface area contributed by atoms with Gasteiger partial charge in [0.25, 0.3) is 0 Å². The van der Waals surface area contributed by atoms with E-state index in [1.165, 1.54) is 13.8 Å². The molecule has 3 aliphatic heterocycles. The van der Waals surface area contributed by atoms with E-state index < -0.39 is 47.2 Å². The number of rotatable bonds is 2. The molecular weight excluding hydrogens is 552 g/mol. The second-order valence-corrected chi connectivity index (χ2v) is 12.1. The Kier molecular flexibility index (Phi) is 6.68. The summed E-state index contributed by atoms with van der Waals surface area (Å²) in [5.41, 5.74) is 1.69. The molecule has 0 aliphatic carbocycles. The van der Waals surface area contributed by atoms with E-state index in [2.05, 4.69) is 15.0 Å². The normalized spacial score (nSPS) is 29.1. The Labute approximate surface area is 247 Å². The highest BCUT2D eigenvalue weighted by molar-refractivity contribution is 6.06. The second-order valence-electron chi connectivity index (χ2n) is 12.1. The van der Waals surface area contributed by atoms with Crippen LogP contribution in [-0.2, 0) is 25.3 Å². The summed E-state index contributed by atoms with van der Waals surface area (Å²) in [7, 11) is 0. The van der Waals surface area contributed by atoms with Gasteiger partial charge in [0.05, 0.1) is 23.6 Å². The van der Waals surface area contributed by atoms with Gasteiger partial charge in [-0.15, -0.1) is 0 Å². The molecular formula is C32H34N4O7. The van der Waals surface area contributed by atoms with Crippen molar-refractivity contribution >= 4 is 39.6 Å². The van der Waals surface area contributed by atoms with Gasteiger partial charge in [-0.05, 0) is 82.1 Å². The largest absolute Gasteiger partial charge is 0.460 e. The van der Waals surface area contributed by atoms with Crippen molar-refractivity contribution in [3.8, 4) is 0 Å². The van der Waals surface area contributed by atoms with Crippen LogP contribution < -0.4 is 0 Å². The summed E-state index contributed by atoms with van der Waals surface area (Å²) >= 11 is 0. The number of aromatic nitrogens is 4. The van der Waals surface area contributed by atoms with E-state index in [1.807, 2.05) is 26.0 Å². The summed E-state index contributed by atoms with van der Waals surface area (Å²) in [5, 5.41) is 21.6. The van der Waals surface area contributed by atoms with Gasteiger partial charge in [-0.25, -0.2) is 9.97 Å². The van der Waals surface area contributed by atoms with Crippen molar-refractivity contribution in [3.05, 3.63) is 70.3 Å². The first-order valence-electron chi connectivity index (χ1n) is 14.2. The van der Waals surface area contributed by atoms with Gasteiger partial charge in [0, 0.05) is 35.4 Å². The average molecular weight is 587 g/mol. The number of esters is 1. The fraction of sp³-hybridized carbons (Fsp3) is 0.406. The lowest BCUT2D eigenvalue weighted by molar-refractivity contribution is -0.197. The van der Waals surface area contributed by atoms with E-state index >= 15 is 0 Å². The monoisotopic (exact) mass is 586 g/mol. The van der Waals surface area contributed by atoms with Gasteiger partial charge in [0.15, 0.2) is 11.4 Å². The third-order valence-corrected chi connectivity index (χ3v) is 8.79. The van der Waals surface area contributed by atoms with Crippen molar-refractivity contribution in [3.63, 3.8) is 0 Å². The standard InChI is InChI=1S/C32H34N4O7/c1-14-8-19-10-26-31(5,30-25(43-17(4)37)13-24(38)16(3)42-30)28(39)22(35-26)9-18-7-15(2)21(33-18)12-27-32(6,41)29(40)23(36-27)11-20(14)34-19/h7-12,16,24-25,30,33-34,38,41H,13H2,1-6H3/t16-,24-,25-,30-,31?,32?/m1/s1. The SMILES string of the molecule is CC(=O)O[C@@H]1C[C@@H](O)[C@@H](C)O[C@H]1C1(C)C(=O)c2cc3cc(C)c(cc4nc(cc5[nH]c(cc1n2)cc5C)C(=O)C4(C)O)[nH]3. The molecule has 2 unspecified atom stereocenters. The molecule has 3 aromatic rings. The molecule has 4 N–H and O–H groups in total. The van der Waals surface area contributed by atoms with Crippen LogP contribution in [0, 0.1) is 13.8 Å². The number of fused-ring (bicyclic) bond motifs is 8.